The topological polar surface area (TPSA) is 67.6 Å². The van der Waals surface area contributed by atoms with E-state index in [9.17, 15) is 0 Å². The summed E-state index contributed by atoms with van der Waals surface area (Å²) in [6, 6.07) is 1.99. The first-order chi connectivity index (χ1) is 6.83. The number of aromatic amines is 1. The summed E-state index contributed by atoms with van der Waals surface area (Å²) in [7, 11) is 0. The number of hydrogen-bond donors (Lipinski definition) is 1. The van der Waals surface area contributed by atoms with E-state index in [1.165, 1.54) is 18.5 Å². The van der Waals surface area contributed by atoms with Crippen molar-refractivity contribution < 1.29 is 4.52 Å². The highest BCUT2D eigenvalue weighted by Crippen LogP contribution is 2.39. The molecule has 0 atom stereocenters. The first kappa shape index (κ1) is 7.73. The smallest absolute Gasteiger partial charge is 0.278 e. The minimum atomic E-state index is 0.491. The van der Waals surface area contributed by atoms with Crippen LogP contribution in [0.15, 0.2) is 10.6 Å². The van der Waals surface area contributed by atoms with Crippen LogP contribution in [0.25, 0.3) is 11.6 Å². The fourth-order valence-electron chi connectivity index (χ4n) is 1.45. The summed E-state index contributed by atoms with van der Waals surface area (Å²) in [5.41, 5.74) is 1.92. The van der Waals surface area contributed by atoms with Crippen molar-refractivity contribution in [2.45, 2.75) is 25.7 Å². The van der Waals surface area contributed by atoms with E-state index in [1.54, 1.807) is 6.92 Å². The highest BCUT2D eigenvalue weighted by atomic mass is 16.5. The molecule has 0 amide bonds. The molecule has 3 rings (SSSR count). The van der Waals surface area contributed by atoms with Crippen molar-refractivity contribution in [3.8, 4) is 11.6 Å². The van der Waals surface area contributed by atoms with Crippen molar-refractivity contribution in [1.29, 1.82) is 0 Å². The first-order valence-corrected chi connectivity index (χ1v) is 4.69. The van der Waals surface area contributed by atoms with Gasteiger partial charge in [0, 0.05) is 11.6 Å². The minimum absolute atomic E-state index is 0.491. The van der Waals surface area contributed by atoms with Crippen molar-refractivity contribution in [3.63, 3.8) is 0 Å². The van der Waals surface area contributed by atoms with Crippen molar-refractivity contribution in [2.75, 3.05) is 0 Å². The Morgan fingerprint density at radius 2 is 2.36 bits per heavy atom. The second-order valence-corrected chi connectivity index (χ2v) is 3.63. The minimum Gasteiger partial charge on any atom is -0.332 e. The largest absolute Gasteiger partial charge is 0.332 e. The van der Waals surface area contributed by atoms with E-state index in [4.69, 9.17) is 4.52 Å². The lowest BCUT2D eigenvalue weighted by atomic mass is 10.3. The fraction of sp³-hybridized carbons (Fsp3) is 0.444. The quantitative estimate of drug-likeness (QED) is 0.781. The van der Waals surface area contributed by atoms with Gasteiger partial charge in [-0.2, -0.15) is 10.1 Å². The molecular formula is C9H10N4O. The highest BCUT2D eigenvalue weighted by Gasteiger charge is 2.26. The van der Waals surface area contributed by atoms with E-state index in [0.717, 1.165) is 5.69 Å². The molecule has 0 spiro atoms. The Morgan fingerprint density at radius 3 is 3.00 bits per heavy atom. The Kier molecular flexibility index (Phi) is 1.47. The normalized spacial score (nSPS) is 16.1. The number of nitrogens with one attached hydrogen (secondary N) is 1. The summed E-state index contributed by atoms with van der Waals surface area (Å²) < 4.78 is 5.02. The van der Waals surface area contributed by atoms with Gasteiger partial charge in [-0.3, -0.25) is 5.10 Å². The van der Waals surface area contributed by atoms with Gasteiger partial charge in [0.1, 0.15) is 0 Å². The predicted molar refractivity (Wildman–Crippen MR) is 48.6 cm³/mol. The van der Waals surface area contributed by atoms with Crippen LogP contribution in [0.2, 0.25) is 0 Å². The van der Waals surface area contributed by atoms with E-state index in [0.29, 0.717) is 17.6 Å². The summed E-state index contributed by atoms with van der Waals surface area (Å²) in [5, 5.41) is 10.9. The Labute approximate surface area is 80.5 Å². The zero-order valence-corrected chi connectivity index (χ0v) is 7.82. The van der Waals surface area contributed by atoms with Crippen LogP contribution < -0.4 is 0 Å². The summed E-state index contributed by atoms with van der Waals surface area (Å²) in [4.78, 5) is 4.11. The second-order valence-electron chi connectivity index (χ2n) is 3.63. The molecule has 1 aliphatic rings. The van der Waals surface area contributed by atoms with Gasteiger partial charge in [0.05, 0.1) is 0 Å². The van der Waals surface area contributed by atoms with Crippen LogP contribution in [0.4, 0.5) is 0 Å². The van der Waals surface area contributed by atoms with Crippen LogP contribution in [0.3, 0.4) is 0 Å². The van der Waals surface area contributed by atoms with Gasteiger partial charge in [0.15, 0.2) is 11.5 Å². The van der Waals surface area contributed by atoms with Gasteiger partial charge in [0.25, 0.3) is 5.89 Å². The average Bonchev–Trinajstić information content (AvgIpc) is 2.76. The molecule has 1 fully saturated rings. The van der Waals surface area contributed by atoms with E-state index in [2.05, 4.69) is 20.3 Å². The van der Waals surface area contributed by atoms with Crippen molar-refractivity contribution in [3.05, 3.63) is 17.6 Å². The van der Waals surface area contributed by atoms with Gasteiger partial charge in [-0.05, 0) is 25.8 Å². The van der Waals surface area contributed by atoms with Crippen LogP contribution in [0.5, 0.6) is 0 Å². The van der Waals surface area contributed by atoms with Gasteiger partial charge < -0.3 is 4.52 Å². The van der Waals surface area contributed by atoms with Gasteiger partial charge >= 0.3 is 0 Å². The Bertz CT molecular complexity index is 455. The molecule has 0 aliphatic heterocycles. The van der Waals surface area contributed by atoms with Gasteiger partial charge in [-0.1, -0.05) is 5.16 Å². The number of aromatic nitrogens is 4. The van der Waals surface area contributed by atoms with Crippen LogP contribution in [-0.2, 0) is 0 Å². The predicted octanol–water partition coefficient (Wildman–Crippen LogP) is 1.65. The molecule has 0 bridgehead atoms. The number of H-pyrrole nitrogens is 1. The van der Waals surface area contributed by atoms with Gasteiger partial charge in [-0.25, -0.2) is 0 Å². The molecule has 5 nitrogen and oxygen atoms in total. The van der Waals surface area contributed by atoms with Crippen LogP contribution in [-0.4, -0.2) is 20.3 Å². The van der Waals surface area contributed by atoms with Crippen molar-refractivity contribution >= 4 is 0 Å². The SMILES string of the molecule is Cc1noc(-c2cc(C3CC3)[nH]n2)n1. The van der Waals surface area contributed by atoms with Crippen LogP contribution in [0.1, 0.15) is 30.3 Å². The first-order valence-electron chi connectivity index (χ1n) is 4.69. The van der Waals surface area contributed by atoms with Gasteiger partial charge in [-0.15, -0.1) is 0 Å². The van der Waals surface area contributed by atoms with Crippen molar-refractivity contribution in [1.82, 2.24) is 20.3 Å². The third kappa shape index (κ3) is 1.21. The second kappa shape index (κ2) is 2.67. The maximum Gasteiger partial charge on any atom is 0.278 e. The monoisotopic (exact) mass is 190 g/mol. The Morgan fingerprint density at radius 1 is 1.50 bits per heavy atom. The van der Waals surface area contributed by atoms with E-state index in [1.807, 2.05) is 6.07 Å². The zero-order valence-electron chi connectivity index (χ0n) is 7.82. The number of aryl methyl sites for hydroxylation is 1. The molecule has 2 heterocycles. The third-order valence-electron chi connectivity index (χ3n) is 2.36. The van der Waals surface area contributed by atoms with E-state index < -0.39 is 0 Å². The lowest BCUT2D eigenvalue weighted by molar-refractivity contribution is 0.424. The number of nitrogens with zero attached hydrogens (tertiary/aromatic N) is 3. The standard InChI is InChI=1S/C9H10N4O/c1-5-10-9(14-13-5)8-4-7(11-12-8)6-2-3-6/h4,6H,2-3H2,1H3,(H,11,12). The number of rotatable bonds is 2. The molecule has 72 valence electrons. The summed E-state index contributed by atoms with van der Waals surface area (Å²) in [6.07, 6.45) is 2.51. The Hall–Kier alpha value is -1.65. The highest BCUT2D eigenvalue weighted by molar-refractivity contribution is 5.47. The van der Waals surface area contributed by atoms with Crippen LogP contribution >= 0.6 is 0 Å². The summed E-state index contributed by atoms with van der Waals surface area (Å²) in [5.74, 6) is 1.79. The molecule has 2 aromatic rings. The third-order valence-corrected chi connectivity index (χ3v) is 2.36. The molecule has 0 aromatic carbocycles. The van der Waals surface area contributed by atoms with Crippen LogP contribution in [0, 0.1) is 6.92 Å². The molecule has 0 radical (unpaired) electrons. The maximum absolute atomic E-state index is 5.02. The number of hydrogen-bond acceptors (Lipinski definition) is 4. The molecular weight excluding hydrogens is 180 g/mol. The molecule has 0 unspecified atom stereocenters. The molecule has 14 heavy (non-hydrogen) atoms. The molecule has 2 aromatic heterocycles. The van der Waals surface area contributed by atoms with Crippen molar-refractivity contribution in [2.24, 2.45) is 0 Å². The van der Waals surface area contributed by atoms with E-state index >= 15 is 0 Å². The molecule has 1 aliphatic carbocycles. The molecule has 1 saturated carbocycles. The molecule has 5 heteroatoms. The Balaban J connectivity index is 1.95. The fourth-order valence-corrected chi connectivity index (χ4v) is 1.45. The lowest BCUT2D eigenvalue weighted by Gasteiger charge is -1.84. The lowest BCUT2D eigenvalue weighted by Crippen LogP contribution is -1.77. The summed E-state index contributed by atoms with van der Waals surface area (Å²) in [6.45, 7) is 1.79. The average molecular weight is 190 g/mol. The molecule has 0 saturated heterocycles. The van der Waals surface area contributed by atoms with Gasteiger partial charge in [0.2, 0.25) is 0 Å². The van der Waals surface area contributed by atoms with E-state index in [-0.39, 0.29) is 0 Å². The maximum atomic E-state index is 5.02. The zero-order chi connectivity index (χ0) is 9.54. The molecule has 1 N–H and O–H groups in total. The summed E-state index contributed by atoms with van der Waals surface area (Å²) >= 11 is 0.